The molecule has 0 spiro atoms. The number of H-pyrrole nitrogens is 1. The maximum Gasteiger partial charge on any atom is 0.103 e. The second kappa shape index (κ2) is 5.28. The van der Waals surface area contributed by atoms with Gasteiger partial charge in [-0.05, 0) is 26.2 Å². The van der Waals surface area contributed by atoms with Crippen LogP contribution in [0, 0.1) is 6.92 Å². The summed E-state index contributed by atoms with van der Waals surface area (Å²) in [7, 11) is 0. The average Bonchev–Trinajstić information content (AvgIpc) is 2.66. The predicted molar refractivity (Wildman–Crippen MR) is 58.6 cm³/mol. The van der Waals surface area contributed by atoms with Gasteiger partial charge in [0.25, 0.3) is 0 Å². The van der Waals surface area contributed by atoms with E-state index in [4.69, 9.17) is 4.74 Å². The van der Waals surface area contributed by atoms with Crippen LogP contribution in [0.25, 0.3) is 0 Å². The second-order valence-electron chi connectivity index (χ2n) is 4.11. The molecule has 1 unspecified atom stereocenters. The van der Waals surface area contributed by atoms with Crippen LogP contribution in [0.3, 0.4) is 0 Å². The normalized spacial score (nSPS) is 21.8. The lowest BCUT2D eigenvalue weighted by Crippen LogP contribution is -2.31. The summed E-state index contributed by atoms with van der Waals surface area (Å²) in [5.41, 5.74) is 1.14. The predicted octanol–water partition coefficient (Wildman–Crippen LogP) is 1.38. The van der Waals surface area contributed by atoms with Gasteiger partial charge in [-0.25, -0.2) is 4.98 Å². The van der Waals surface area contributed by atoms with Crippen molar-refractivity contribution in [2.75, 3.05) is 13.2 Å². The number of ether oxygens (including phenoxy) is 1. The third kappa shape index (κ3) is 3.32. The van der Waals surface area contributed by atoms with E-state index in [0.717, 1.165) is 31.2 Å². The number of hydrogen-bond donors (Lipinski definition) is 2. The van der Waals surface area contributed by atoms with Gasteiger partial charge in [-0.15, -0.1) is 0 Å². The monoisotopic (exact) mass is 209 g/mol. The van der Waals surface area contributed by atoms with Gasteiger partial charge in [0.15, 0.2) is 0 Å². The molecule has 4 heteroatoms. The number of nitrogens with one attached hydrogen (secondary N) is 2. The van der Waals surface area contributed by atoms with Crippen molar-refractivity contribution in [2.45, 2.75) is 38.8 Å². The second-order valence-corrected chi connectivity index (χ2v) is 4.11. The number of imidazole rings is 1. The van der Waals surface area contributed by atoms with E-state index in [-0.39, 0.29) is 0 Å². The average molecular weight is 209 g/mol. The first-order valence-electron chi connectivity index (χ1n) is 5.67. The van der Waals surface area contributed by atoms with Crippen molar-refractivity contribution in [3.63, 3.8) is 0 Å². The van der Waals surface area contributed by atoms with Gasteiger partial charge in [0.1, 0.15) is 5.82 Å². The Hall–Kier alpha value is -0.870. The lowest BCUT2D eigenvalue weighted by molar-refractivity contribution is 0.0167. The van der Waals surface area contributed by atoms with Crippen LogP contribution in [-0.2, 0) is 11.3 Å². The number of nitrogens with zero attached hydrogens (tertiary/aromatic N) is 1. The third-order valence-electron chi connectivity index (χ3n) is 2.72. The molecule has 0 saturated carbocycles. The molecule has 1 aliphatic heterocycles. The summed E-state index contributed by atoms with van der Waals surface area (Å²) < 4.78 is 5.63. The highest BCUT2D eigenvalue weighted by Gasteiger charge is 2.12. The maximum absolute atomic E-state index is 5.63. The van der Waals surface area contributed by atoms with Crippen LogP contribution in [0.5, 0.6) is 0 Å². The highest BCUT2D eigenvalue weighted by molar-refractivity contribution is 4.99. The standard InChI is InChI=1S/C11H19N3O/c1-9-13-7-10(14-9)6-12-8-11-4-2-3-5-15-11/h7,11-12H,2-6,8H2,1H3,(H,13,14). The summed E-state index contributed by atoms with van der Waals surface area (Å²) in [5.74, 6) is 0.973. The molecule has 1 atom stereocenters. The van der Waals surface area contributed by atoms with Crippen molar-refractivity contribution in [1.29, 1.82) is 0 Å². The summed E-state index contributed by atoms with van der Waals surface area (Å²) in [4.78, 5) is 7.35. The minimum atomic E-state index is 0.405. The number of aryl methyl sites for hydroxylation is 1. The molecule has 0 aromatic carbocycles. The number of hydrogen-bond acceptors (Lipinski definition) is 3. The molecule has 0 bridgehead atoms. The molecule has 84 valence electrons. The van der Waals surface area contributed by atoms with Gasteiger partial charge in [-0.1, -0.05) is 0 Å². The molecule has 15 heavy (non-hydrogen) atoms. The lowest BCUT2D eigenvalue weighted by atomic mass is 10.1. The van der Waals surface area contributed by atoms with E-state index >= 15 is 0 Å². The zero-order valence-corrected chi connectivity index (χ0v) is 9.25. The largest absolute Gasteiger partial charge is 0.377 e. The molecular formula is C11H19N3O. The summed E-state index contributed by atoms with van der Waals surface area (Å²) in [6.45, 7) is 4.68. The molecule has 2 rings (SSSR count). The minimum absolute atomic E-state index is 0.405. The van der Waals surface area contributed by atoms with Crippen LogP contribution in [0.4, 0.5) is 0 Å². The summed E-state index contributed by atoms with van der Waals surface area (Å²) >= 11 is 0. The Bertz CT molecular complexity index is 292. The molecule has 0 radical (unpaired) electrons. The fourth-order valence-corrected chi connectivity index (χ4v) is 1.90. The van der Waals surface area contributed by atoms with Gasteiger partial charge in [0.05, 0.1) is 6.10 Å². The fourth-order valence-electron chi connectivity index (χ4n) is 1.90. The van der Waals surface area contributed by atoms with Gasteiger partial charge in [0.2, 0.25) is 0 Å². The molecule has 1 fully saturated rings. The Labute approximate surface area is 90.4 Å². The van der Waals surface area contributed by atoms with Crippen LogP contribution in [0.2, 0.25) is 0 Å². The molecule has 0 amide bonds. The van der Waals surface area contributed by atoms with Crippen molar-refractivity contribution >= 4 is 0 Å². The van der Waals surface area contributed by atoms with Crippen molar-refractivity contribution < 1.29 is 4.74 Å². The van der Waals surface area contributed by atoms with Crippen LogP contribution >= 0.6 is 0 Å². The summed E-state index contributed by atoms with van der Waals surface area (Å²) in [5, 5.41) is 3.39. The fraction of sp³-hybridized carbons (Fsp3) is 0.727. The molecule has 2 heterocycles. The van der Waals surface area contributed by atoms with Gasteiger partial charge in [-0.3, -0.25) is 0 Å². The maximum atomic E-state index is 5.63. The molecule has 1 aromatic heterocycles. The molecular weight excluding hydrogens is 190 g/mol. The zero-order valence-electron chi connectivity index (χ0n) is 9.25. The number of rotatable bonds is 4. The third-order valence-corrected chi connectivity index (χ3v) is 2.72. The highest BCUT2D eigenvalue weighted by atomic mass is 16.5. The molecule has 0 aliphatic carbocycles. The van der Waals surface area contributed by atoms with E-state index < -0.39 is 0 Å². The van der Waals surface area contributed by atoms with Crippen molar-refractivity contribution in [2.24, 2.45) is 0 Å². The quantitative estimate of drug-likeness (QED) is 0.787. The number of aromatic nitrogens is 2. The van der Waals surface area contributed by atoms with E-state index in [1.165, 1.54) is 19.3 Å². The van der Waals surface area contributed by atoms with Crippen LogP contribution in [0.1, 0.15) is 30.8 Å². The van der Waals surface area contributed by atoms with E-state index in [2.05, 4.69) is 15.3 Å². The minimum Gasteiger partial charge on any atom is -0.377 e. The Morgan fingerprint density at radius 3 is 3.20 bits per heavy atom. The Balaban J connectivity index is 1.65. The molecule has 1 aliphatic rings. The molecule has 1 saturated heterocycles. The summed E-state index contributed by atoms with van der Waals surface area (Å²) in [6.07, 6.45) is 5.99. The van der Waals surface area contributed by atoms with Crippen molar-refractivity contribution in [3.05, 3.63) is 17.7 Å². The van der Waals surface area contributed by atoms with E-state index in [1.54, 1.807) is 0 Å². The topological polar surface area (TPSA) is 49.9 Å². The first-order valence-corrected chi connectivity index (χ1v) is 5.67. The van der Waals surface area contributed by atoms with Crippen molar-refractivity contribution in [1.82, 2.24) is 15.3 Å². The summed E-state index contributed by atoms with van der Waals surface area (Å²) in [6, 6.07) is 0. The van der Waals surface area contributed by atoms with E-state index in [9.17, 15) is 0 Å². The first-order chi connectivity index (χ1) is 7.34. The van der Waals surface area contributed by atoms with Crippen LogP contribution in [-0.4, -0.2) is 29.2 Å². The van der Waals surface area contributed by atoms with Gasteiger partial charge in [-0.2, -0.15) is 0 Å². The molecule has 2 N–H and O–H groups in total. The SMILES string of the molecule is Cc1ncc(CNCC2CCCCO2)[nH]1. The Kier molecular flexibility index (Phi) is 3.75. The van der Waals surface area contributed by atoms with Crippen LogP contribution < -0.4 is 5.32 Å². The van der Waals surface area contributed by atoms with Gasteiger partial charge in [0, 0.05) is 31.6 Å². The van der Waals surface area contributed by atoms with Crippen LogP contribution in [0.15, 0.2) is 6.20 Å². The lowest BCUT2D eigenvalue weighted by Gasteiger charge is -2.22. The zero-order chi connectivity index (χ0) is 10.5. The smallest absolute Gasteiger partial charge is 0.103 e. The highest BCUT2D eigenvalue weighted by Crippen LogP contribution is 2.11. The Morgan fingerprint density at radius 1 is 1.60 bits per heavy atom. The van der Waals surface area contributed by atoms with E-state index in [1.807, 2.05) is 13.1 Å². The van der Waals surface area contributed by atoms with E-state index in [0.29, 0.717) is 6.10 Å². The molecule has 4 nitrogen and oxygen atoms in total. The Morgan fingerprint density at radius 2 is 2.53 bits per heavy atom. The van der Waals surface area contributed by atoms with Crippen molar-refractivity contribution in [3.8, 4) is 0 Å². The van der Waals surface area contributed by atoms with Gasteiger partial charge < -0.3 is 15.0 Å². The number of aromatic amines is 1. The first kappa shape index (κ1) is 10.6. The van der Waals surface area contributed by atoms with Gasteiger partial charge >= 0.3 is 0 Å². The molecule has 1 aromatic rings.